The molecule has 41 heavy (non-hydrogen) atoms. The summed E-state index contributed by atoms with van der Waals surface area (Å²) in [4.78, 5) is 45.8. The van der Waals surface area contributed by atoms with Crippen LogP contribution in [0.1, 0.15) is 74.1 Å². The van der Waals surface area contributed by atoms with Crippen molar-refractivity contribution < 1.29 is 54.9 Å². The predicted molar refractivity (Wildman–Crippen MR) is 150 cm³/mol. The van der Waals surface area contributed by atoms with Gasteiger partial charge < -0.3 is 35.7 Å². The minimum atomic E-state index is -2.27. The van der Waals surface area contributed by atoms with Gasteiger partial charge in [-0.25, -0.2) is 9.59 Å². The van der Waals surface area contributed by atoms with E-state index >= 15 is 0 Å². The molecule has 11 nitrogen and oxygen atoms in total. The van der Waals surface area contributed by atoms with Crippen LogP contribution in [0.5, 0.6) is 0 Å². The lowest BCUT2D eigenvalue weighted by Gasteiger charge is -2.37. The quantitative estimate of drug-likeness (QED) is 0.147. The Hall–Kier alpha value is -3.28. The maximum absolute atomic E-state index is 13.4. The molecule has 0 aromatic rings. The van der Waals surface area contributed by atoms with E-state index in [9.17, 15) is 34.5 Å². The number of aliphatic carboxylic acids is 2. The largest absolute Gasteiger partial charge is 0.511 e. The smallest absolute Gasteiger partial charge is 0.335 e. The number of carbonyl (C=O) groups excluding carboxylic acids is 2. The van der Waals surface area contributed by atoms with E-state index in [1.54, 1.807) is 27.7 Å². The molecule has 0 amide bonds. The molecule has 1 fully saturated rings. The number of allylic oxidation sites excluding steroid dienone is 6. The van der Waals surface area contributed by atoms with Gasteiger partial charge in [-0.3, -0.25) is 9.59 Å². The summed E-state index contributed by atoms with van der Waals surface area (Å²) < 4.78 is 0. The number of carboxylic acids is 2. The van der Waals surface area contributed by atoms with Gasteiger partial charge in [-0.1, -0.05) is 37.6 Å². The molecule has 1 saturated carbocycles. The number of hydrogen-bond acceptors (Lipinski definition) is 9. The first-order valence-corrected chi connectivity index (χ1v) is 13.4. The minimum Gasteiger partial charge on any atom is -0.511 e. The van der Waals surface area contributed by atoms with Gasteiger partial charge in [0.25, 0.3) is 0 Å². The molecule has 2 rings (SSSR count). The maximum Gasteiger partial charge on any atom is 0.335 e. The van der Waals surface area contributed by atoms with Gasteiger partial charge in [-0.15, -0.1) is 0 Å². The number of aliphatic hydroxyl groups excluding tert-OH is 4. The van der Waals surface area contributed by atoms with Crippen molar-refractivity contribution in [2.24, 2.45) is 23.2 Å². The lowest BCUT2D eigenvalue weighted by Crippen LogP contribution is -2.41. The Kier molecular flexibility index (Phi) is 11.8. The number of carboxylic acid groups (broad SMARTS) is 2. The standard InChI is InChI=1S/C26H38O5.C4H6O6/c1-14(2)9-11-25(7)23(29)18(22(28)20(24(25)30)21(27)16(5)6)13-19-17(15(3)4)10-12-26(19,8)31;5-1(3(7)8)2(6)4(9)10/h9,16-17,19,28-29,31H,3,10-13H2,1-2,4-8H3;1-2,5-6H,(H,7,8)(H,9,10)/t17-,19?,25?,26+;/m1./s1. The van der Waals surface area contributed by atoms with Crippen molar-refractivity contribution >= 4 is 23.5 Å². The van der Waals surface area contributed by atoms with Crippen molar-refractivity contribution in [1.82, 2.24) is 0 Å². The van der Waals surface area contributed by atoms with Crippen LogP contribution in [-0.4, -0.2) is 77.1 Å². The molecular weight excluding hydrogens is 536 g/mol. The lowest BCUT2D eigenvalue weighted by molar-refractivity contribution is -0.165. The molecule has 7 N–H and O–H groups in total. The first-order chi connectivity index (χ1) is 18.6. The zero-order valence-electron chi connectivity index (χ0n) is 24.8. The Morgan fingerprint density at radius 1 is 1.02 bits per heavy atom. The van der Waals surface area contributed by atoms with Gasteiger partial charge in [-0.2, -0.15) is 0 Å². The van der Waals surface area contributed by atoms with E-state index in [0.29, 0.717) is 6.42 Å². The van der Waals surface area contributed by atoms with Crippen LogP contribution >= 0.6 is 0 Å². The molecule has 0 spiro atoms. The van der Waals surface area contributed by atoms with E-state index in [-0.39, 0.29) is 41.6 Å². The fourth-order valence-electron chi connectivity index (χ4n) is 5.10. The summed E-state index contributed by atoms with van der Waals surface area (Å²) in [7, 11) is 0. The molecular formula is C30H44O11. The van der Waals surface area contributed by atoms with E-state index in [4.69, 9.17) is 20.4 Å². The zero-order valence-corrected chi connectivity index (χ0v) is 24.8. The summed E-state index contributed by atoms with van der Waals surface area (Å²) in [5.74, 6) is -5.94. The van der Waals surface area contributed by atoms with Crippen molar-refractivity contribution in [3.05, 3.63) is 46.5 Å². The first-order valence-electron chi connectivity index (χ1n) is 13.4. The SMILES string of the molecule is C=C(C)[C@H]1CC[C@](C)(O)C1CC1=C(O)C(C)(CC=C(C)C)C(=O)C(C(=O)C(C)C)=C1O.O=C(O)C(O)C(O)C(=O)O. The summed E-state index contributed by atoms with van der Waals surface area (Å²) in [6, 6.07) is 0. The van der Waals surface area contributed by atoms with Crippen LogP contribution in [0, 0.1) is 23.2 Å². The maximum atomic E-state index is 13.4. The summed E-state index contributed by atoms with van der Waals surface area (Å²) in [5, 5.41) is 65.8. The number of ketones is 2. The monoisotopic (exact) mass is 580 g/mol. The van der Waals surface area contributed by atoms with Gasteiger partial charge in [0.1, 0.15) is 17.1 Å². The Morgan fingerprint density at radius 3 is 1.90 bits per heavy atom. The van der Waals surface area contributed by atoms with Gasteiger partial charge in [0.2, 0.25) is 0 Å². The fraction of sp³-hybridized carbons (Fsp3) is 0.600. The Labute approximate surface area is 240 Å². The summed E-state index contributed by atoms with van der Waals surface area (Å²) in [6.07, 6.45) is -0.953. The molecule has 0 aromatic heterocycles. The Morgan fingerprint density at radius 2 is 1.51 bits per heavy atom. The van der Waals surface area contributed by atoms with Gasteiger partial charge in [0, 0.05) is 11.5 Å². The number of Topliss-reactive ketones (excluding diaryl/α,β-unsaturated/α-hetero) is 2. The lowest BCUT2D eigenvalue weighted by atomic mass is 9.67. The van der Waals surface area contributed by atoms with Gasteiger partial charge in [-0.05, 0) is 72.1 Å². The molecule has 0 aliphatic heterocycles. The fourth-order valence-corrected chi connectivity index (χ4v) is 5.10. The molecule has 0 aromatic carbocycles. The van der Waals surface area contributed by atoms with Crippen LogP contribution in [-0.2, 0) is 19.2 Å². The summed E-state index contributed by atoms with van der Waals surface area (Å²) >= 11 is 0. The normalized spacial score (nSPS) is 27.6. The highest BCUT2D eigenvalue weighted by Gasteiger charge is 2.51. The highest BCUT2D eigenvalue weighted by atomic mass is 16.4. The van der Waals surface area contributed by atoms with E-state index < -0.39 is 58.4 Å². The van der Waals surface area contributed by atoms with Crippen molar-refractivity contribution in [3.8, 4) is 0 Å². The first kappa shape index (κ1) is 35.7. The van der Waals surface area contributed by atoms with Crippen LogP contribution in [0.3, 0.4) is 0 Å². The zero-order chi connectivity index (χ0) is 32.2. The van der Waals surface area contributed by atoms with E-state index in [1.165, 1.54) is 0 Å². The van der Waals surface area contributed by atoms with Crippen LogP contribution in [0.15, 0.2) is 46.5 Å². The van der Waals surface area contributed by atoms with E-state index in [2.05, 4.69) is 6.58 Å². The molecule has 0 bridgehead atoms. The van der Waals surface area contributed by atoms with Crippen LogP contribution in [0.4, 0.5) is 0 Å². The van der Waals surface area contributed by atoms with E-state index in [1.807, 2.05) is 26.8 Å². The van der Waals surface area contributed by atoms with E-state index in [0.717, 1.165) is 17.6 Å². The van der Waals surface area contributed by atoms with Crippen molar-refractivity contribution in [3.63, 3.8) is 0 Å². The highest BCUT2D eigenvalue weighted by Crippen LogP contribution is 2.50. The third kappa shape index (κ3) is 7.93. The second-order valence-corrected chi connectivity index (χ2v) is 11.9. The second-order valence-electron chi connectivity index (χ2n) is 11.9. The average molecular weight is 581 g/mol. The Balaban J connectivity index is 0.000000716. The van der Waals surface area contributed by atoms with Gasteiger partial charge >= 0.3 is 11.9 Å². The number of rotatable bonds is 10. The van der Waals surface area contributed by atoms with Crippen LogP contribution < -0.4 is 0 Å². The third-order valence-electron chi connectivity index (χ3n) is 7.86. The summed E-state index contributed by atoms with van der Waals surface area (Å²) in [6.45, 7) is 16.5. The van der Waals surface area contributed by atoms with Crippen molar-refractivity contribution in [1.29, 1.82) is 0 Å². The molecule has 2 aliphatic rings. The van der Waals surface area contributed by atoms with Gasteiger partial charge in [0.05, 0.1) is 11.0 Å². The topological polar surface area (TPSA) is 210 Å². The van der Waals surface area contributed by atoms with Gasteiger partial charge in [0.15, 0.2) is 23.8 Å². The summed E-state index contributed by atoms with van der Waals surface area (Å²) in [5.41, 5.74) is -0.480. The molecule has 4 unspecified atom stereocenters. The molecule has 2 aliphatic carbocycles. The molecule has 0 heterocycles. The van der Waals surface area contributed by atoms with Crippen LogP contribution in [0.25, 0.3) is 0 Å². The molecule has 0 radical (unpaired) electrons. The highest BCUT2D eigenvalue weighted by molar-refractivity contribution is 6.24. The average Bonchev–Trinajstić information content (AvgIpc) is 3.17. The molecule has 0 saturated heterocycles. The number of aliphatic hydroxyl groups is 5. The number of hydrogen-bond donors (Lipinski definition) is 7. The molecule has 6 atom stereocenters. The molecule has 230 valence electrons. The number of carbonyl (C=O) groups is 4. The minimum absolute atomic E-state index is 0.0222. The Bertz CT molecular complexity index is 1150. The van der Waals surface area contributed by atoms with Crippen molar-refractivity contribution in [2.75, 3.05) is 0 Å². The second kappa shape index (κ2) is 13.6. The third-order valence-corrected chi connectivity index (χ3v) is 7.86. The van der Waals surface area contributed by atoms with Crippen molar-refractivity contribution in [2.45, 2.75) is 92.0 Å². The molecule has 11 heteroatoms. The predicted octanol–water partition coefficient (Wildman–Crippen LogP) is 3.40. The van der Waals surface area contributed by atoms with Crippen LogP contribution in [0.2, 0.25) is 0 Å².